The summed E-state index contributed by atoms with van der Waals surface area (Å²) < 4.78 is 118. The monoisotopic (exact) mass is 2500 g/mol. The Morgan fingerprint density at radius 1 is 0.535 bits per heavy atom. The average Bonchev–Trinajstić information content (AvgIpc) is 1.51. The van der Waals surface area contributed by atoms with Gasteiger partial charge in [-0.2, -0.15) is 4.40 Å². The predicted octanol–water partition coefficient (Wildman–Crippen LogP) is 30.2. The Labute approximate surface area is 904 Å². The van der Waals surface area contributed by atoms with Gasteiger partial charge in [-0.1, -0.05) is 232 Å². The van der Waals surface area contributed by atoms with Crippen molar-refractivity contribution >= 4 is 113 Å². The maximum Gasteiger partial charge on any atom is 0 e. The average molecular weight is 2500 g/mol. The van der Waals surface area contributed by atoms with Crippen molar-refractivity contribution in [1.29, 1.82) is 0 Å². The summed E-state index contributed by atoms with van der Waals surface area (Å²) in [5.41, 5.74) is 22.2. The van der Waals surface area contributed by atoms with Crippen LogP contribution in [0.25, 0.3) is 138 Å². The van der Waals surface area contributed by atoms with Gasteiger partial charge in [0.05, 0.1) is 48.5 Å². The zero-order chi connectivity index (χ0) is 108. The first-order valence-corrected chi connectivity index (χ1v) is 56.5. The number of aryl methyl sites for hydroxylation is 4. The molecule has 0 bridgehead atoms. The summed E-state index contributed by atoms with van der Waals surface area (Å²) in [5, 5.41) is 25.9. The third-order valence-corrected chi connectivity index (χ3v) is 29.6. The van der Waals surface area contributed by atoms with Gasteiger partial charge in [0.1, 0.15) is 19.6 Å². The molecule has 2 aliphatic heterocycles. The third kappa shape index (κ3) is 27.4. The normalized spacial score (nSPS) is 12.7. The molecular weight excluding hydrogens is 2350 g/mol. The van der Waals surface area contributed by atoms with Gasteiger partial charge in [0.2, 0.25) is 0 Å². The molecule has 0 spiro atoms. The molecule has 735 valence electrons. The minimum atomic E-state index is -2.91. The van der Waals surface area contributed by atoms with Gasteiger partial charge in [-0.05, 0) is 165 Å². The molecule has 0 unspecified atom stereocenters. The zero-order valence-corrected chi connectivity index (χ0v) is 92.3. The summed E-state index contributed by atoms with van der Waals surface area (Å²) in [4.78, 5) is 43.0. The Morgan fingerprint density at radius 3 is 1.81 bits per heavy atom. The molecule has 3 radical (unpaired) electrons. The Balaban J connectivity index is 0.000000225. The van der Waals surface area contributed by atoms with Crippen LogP contribution in [-0.2, 0) is 83.0 Å². The van der Waals surface area contributed by atoms with Gasteiger partial charge in [-0.3, -0.25) is 14.6 Å². The molecule has 2 N–H and O–H groups in total. The van der Waals surface area contributed by atoms with E-state index in [1.54, 1.807) is 4.40 Å². The molecule has 2 aliphatic rings. The number of fused-ring (bicyclic) bond motifs is 13. The van der Waals surface area contributed by atoms with E-state index in [0.717, 1.165) is 73.4 Å². The van der Waals surface area contributed by atoms with Gasteiger partial charge in [-0.15, -0.1) is 136 Å². The van der Waals surface area contributed by atoms with Crippen LogP contribution in [0.3, 0.4) is 0 Å². The summed E-state index contributed by atoms with van der Waals surface area (Å²) in [6.07, 6.45) is 12.0. The topological polar surface area (TPSA) is 152 Å². The number of aromatic nitrogens is 8. The number of hydrogen-bond acceptors (Lipinski definition) is 9. The fourth-order valence-electron chi connectivity index (χ4n) is 17.0. The van der Waals surface area contributed by atoms with E-state index in [9.17, 15) is 11.0 Å². The van der Waals surface area contributed by atoms with Crippen molar-refractivity contribution < 1.29 is 107 Å². The van der Waals surface area contributed by atoms with Gasteiger partial charge in [-0.25, -0.2) is 4.57 Å². The molecule has 0 fully saturated rings. The largest absolute Gasteiger partial charge is 0 e. The summed E-state index contributed by atoms with van der Waals surface area (Å²) in [7, 11) is -1.48. The quantitative estimate of drug-likeness (QED) is 0.0322. The smallest absolute Gasteiger partial charge is 0 e. The molecular formula is C125H134GeIr3N8O4Si-2. The van der Waals surface area contributed by atoms with Crippen LogP contribution in [0.4, 0.5) is 0 Å². The van der Waals surface area contributed by atoms with Crippen molar-refractivity contribution in [3.63, 3.8) is 0 Å². The SMILES string of the molecule is C.C.C.CC(=O)C=C(C)O.CC(=O)C=C(C)O.C[Si](C)(C)c1cc(-c2[c-]cccc2)ncc1-c1ccccc1.Cc1[c-]c(-c2nccc3c(C(C)C)cc(C(C)C)cc23)cc(C)c1.Cc1cccnc1-c1[c-]cccc1.Cc1cnc2c3[c-]cccc3c3ccccc3c2n1.[2H]c1c([2H])c(C)c(-c2c([2H])n3c4c5c(c([2H])c([2H])c([2H])c5c5c([2H])c(C)c([2H])c([2H])c5[n+]24)C3)c(C([2H])([2H])[2H])c1[2H].[CH3][Ge]([CH3])([CH3])[c]1ccc2[n+](c1)Cc1ccccc1-2.[Ir].[Ir].[Ir]. The van der Waals surface area contributed by atoms with Crippen molar-refractivity contribution in [2.75, 3.05) is 0 Å². The Hall–Kier alpha value is -12.3. The maximum atomic E-state index is 10.0. The van der Waals surface area contributed by atoms with Crippen molar-refractivity contribution in [1.82, 2.24) is 29.5 Å². The number of allylic oxidation sites excluding steroid dienone is 4. The van der Waals surface area contributed by atoms with Crippen molar-refractivity contribution in [2.45, 2.75) is 188 Å². The third-order valence-electron chi connectivity index (χ3n) is 23.3. The molecule has 0 saturated heterocycles. The van der Waals surface area contributed by atoms with E-state index >= 15 is 0 Å². The number of ketones is 2. The molecule has 17 heteroatoms. The van der Waals surface area contributed by atoms with Gasteiger partial charge in [0.15, 0.2) is 17.3 Å². The van der Waals surface area contributed by atoms with Crippen LogP contribution in [0.15, 0.2) is 321 Å². The molecule has 0 aliphatic carbocycles. The Kier molecular flexibility index (Phi) is 34.5. The molecule has 12 aromatic carbocycles. The molecule has 9 heterocycles. The summed E-state index contributed by atoms with van der Waals surface area (Å²) in [5.74, 6) is 8.21. The van der Waals surface area contributed by atoms with Gasteiger partial charge >= 0.3 is 105 Å². The fourth-order valence-corrected chi connectivity index (χ4v) is 20.9. The minimum Gasteiger partial charge on any atom is 0 e. The first-order valence-electron chi connectivity index (χ1n) is 52.2. The molecule has 0 amide bonds. The number of imidazole rings is 1. The molecule has 7 aromatic heterocycles. The van der Waals surface area contributed by atoms with Crippen molar-refractivity contribution in [3.05, 3.63) is 407 Å². The number of benzene rings is 12. The second-order valence-electron chi connectivity index (χ2n) is 37.0. The fraction of sp³-hybridized carbons (Fsp3) is 0.224. The first kappa shape index (κ1) is 95.9. The number of aliphatic hydroxyl groups is 2. The Morgan fingerprint density at radius 2 is 1.18 bits per heavy atom. The molecule has 0 atom stereocenters. The zero-order valence-electron chi connectivity index (χ0n) is 95.0. The van der Waals surface area contributed by atoms with E-state index in [-0.39, 0.29) is 205 Å². The van der Waals surface area contributed by atoms with Gasteiger partial charge in [0.25, 0.3) is 5.65 Å². The van der Waals surface area contributed by atoms with Crippen LogP contribution in [0, 0.1) is 72.7 Å². The predicted molar refractivity (Wildman–Crippen MR) is 592 cm³/mol. The summed E-state index contributed by atoms with van der Waals surface area (Å²) in [6, 6.07) is 81.6. The molecule has 0 saturated carbocycles. The maximum absolute atomic E-state index is 10.0. The van der Waals surface area contributed by atoms with Crippen LogP contribution in [-0.4, -0.2) is 72.6 Å². The summed E-state index contributed by atoms with van der Waals surface area (Å²) >= 11 is -1.70. The van der Waals surface area contributed by atoms with Gasteiger partial charge < -0.3 is 30.1 Å². The van der Waals surface area contributed by atoms with Crippen LogP contribution in [0.2, 0.25) is 36.9 Å². The van der Waals surface area contributed by atoms with E-state index in [2.05, 4.69) is 275 Å². The van der Waals surface area contributed by atoms with E-state index in [0.29, 0.717) is 22.8 Å². The van der Waals surface area contributed by atoms with Crippen molar-refractivity contribution in [3.8, 4) is 67.4 Å². The number of aliphatic hydroxyl groups excluding tert-OH is 2. The number of rotatable bonds is 11. The number of carbonyl (C=O) groups excluding carboxylic acids is 2. The molecule has 142 heavy (non-hydrogen) atoms. The molecule has 12 nitrogen and oxygen atoms in total. The minimum absolute atomic E-state index is 0. The van der Waals surface area contributed by atoms with Crippen LogP contribution < -0.4 is 18.6 Å². The van der Waals surface area contributed by atoms with Crippen LogP contribution in [0.1, 0.15) is 169 Å². The van der Waals surface area contributed by atoms with E-state index in [4.69, 9.17) is 36.6 Å². The Bertz CT molecular complexity index is 8410. The number of nitrogens with zero attached hydrogens (tertiary/aromatic N) is 8. The number of carbonyl (C=O) groups is 2. The number of pyridine rings is 5. The second kappa shape index (κ2) is 51.1. The van der Waals surface area contributed by atoms with E-state index < -0.39 is 45.8 Å². The molecule has 19 aromatic rings. The second-order valence-corrected chi connectivity index (χ2v) is 52.7. The first-order chi connectivity index (χ1) is 70.5. The van der Waals surface area contributed by atoms with Crippen LogP contribution in [0.5, 0.6) is 0 Å². The standard InChI is InChI=1S/C25H21N2.C23H26N.C20H20NSi.C17H11N2.C15H18GeN.C12H10N.2C5H8O2.3CH4.3Ir/c1-15-10-11-21-20(12-15)19-9-5-8-18-13-26-14-22(27(21)25(26)24(18)19)23-16(2)6-4-7-17(23)3;1-14(2)18-12-21(15(3)4)20-7-8-24-23(22(20)13-18)19-10-16(5)9-17(6)11-19;1-22(2,3)20-14-19(17-12-8-5-9-13-17)21-15-18(20)16-10-6-4-7-11-16;1-11-10-18-16-14-8-4-2-6-12(14)13-7-3-5-9-15(13)17(16)19-11;1-16(2,3)13-8-9-15-14-7-5-4-6-12(14)10-17(15)11-13;1-10-6-5-9-13-12(10)11-7-3-2-4-8-11;2*1-4(6)3-5(2)7;;;;;;/h4-12,14H,13H2,1-3H3;7-10,12-15H,1-6H3;4-12,14-15H,1-3H3;2-7,9-10H,1H3;4-9,11H,10H2,1-3H3;2-7,9H,1H3;2*3,6H,1-2H3;3*1H4;;;/q+1;3*-1;+1;-1;;;;;;;;/i2D3,4D,5D,6D,7D,8D,9D,10D,11D,12D,14D;;;;;;;;;;;;;. The summed E-state index contributed by atoms with van der Waals surface area (Å²) in [6.45, 7) is 31.1. The van der Waals surface area contributed by atoms with Crippen LogP contribution >= 0.6 is 0 Å². The molecule has 21 rings (SSSR count). The van der Waals surface area contributed by atoms with Gasteiger partial charge in [0, 0.05) is 129 Å². The van der Waals surface area contributed by atoms with E-state index in [1.807, 2.05) is 98.4 Å². The number of hydrogen-bond donors (Lipinski definition) is 2. The van der Waals surface area contributed by atoms with E-state index in [1.165, 1.54) is 140 Å². The van der Waals surface area contributed by atoms with Crippen molar-refractivity contribution in [2.24, 2.45) is 0 Å².